The van der Waals surface area contributed by atoms with Gasteiger partial charge in [0.25, 0.3) is 0 Å². The molecule has 0 amide bonds. The monoisotopic (exact) mass is 365 g/mol. The molecule has 5 nitrogen and oxygen atoms in total. The van der Waals surface area contributed by atoms with Crippen LogP contribution in [0.3, 0.4) is 0 Å². The van der Waals surface area contributed by atoms with Gasteiger partial charge in [0.05, 0.1) is 26.1 Å². The summed E-state index contributed by atoms with van der Waals surface area (Å²) >= 11 is 0. The summed E-state index contributed by atoms with van der Waals surface area (Å²) < 4.78 is 24.0. The average Bonchev–Trinajstić information content (AvgIpc) is 2.63. The first-order valence-corrected chi connectivity index (χ1v) is 8.97. The largest absolute Gasteiger partial charge is 0.469 e. The molecular formula is C20H28FNO4. The van der Waals surface area contributed by atoms with E-state index in [4.69, 9.17) is 9.47 Å². The number of hydrogen-bond acceptors (Lipinski definition) is 5. The van der Waals surface area contributed by atoms with Gasteiger partial charge in [-0.1, -0.05) is 26.0 Å². The lowest BCUT2D eigenvalue weighted by Crippen LogP contribution is -2.46. The molecule has 1 heterocycles. The Morgan fingerprint density at radius 2 is 1.85 bits per heavy atom. The molecule has 2 rings (SSSR count). The topological polar surface area (TPSA) is 55.8 Å². The van der Waals surface area contributed by atoms with Crippen LogP contribution in [0.15, 0.2) is 18.2 Å². The van der Waals surface area contributed by atoms with E-state index in [0.717, 1.165) is 5.56 Å². The van der Waals surface area contributed by atoms with Crippen molar-refractivity contribution in [3.05, 3.63) is 35.1 Å². The van der Waals surface area contributed by atoms with Gasteiger partial charge >= 0.3 is 11.9 Å². The quantitative estimate of drug-likeness (QED) is 0.724. The third kappa shape index (κ3) is 4.61. The van der Waals surface area contributed by atoms with Crippen molar-refractivity contribution in [2.75, 3.05) is 27.3 Å². The SMILES string of the molecule is COC(=O)CC1(C(=O)OC)CCN(Cc2ccc(C(C)C)cc2F)CC1. The Labute approximate surface area is 154 Å². The fraction of sp³-hybridized carbons (Fsp3) is 0.600. The van der Waals surface area contributed by atoms with Gasteiger partial charge in [0.2, 0.25) is 0 Å². The molecule has 1 aromatic rings. The van der Waals surface area contributed by atoms with Gasteiger partial charge in [0, 0.05) is 12.1 Å². The van der Waals surface area contributed by atoms with Gasteiger partial charge < -0.3 is 9.47 Å². The van der Waals surface area contributed by atoms with Crippen LogP contribution in [-0.4, -0.2) is 44.1 Å². The smallest absolute Gasteiger partial charge is 0.312 e. The third-order valence-electron chi connectivity index (χ3n) is 5.28. The summed E-state index contributed by atoms with van der Waals surface area (Å²) in [6.45, 7) is 5.74. The predicted octanol–water partition coefficient (Wildman–Crippen LogP) is 3.27. The molecule has 0 N–H and O–H groups in total. The van der Waals surface area contributed by atoms with E-state index >= 15 is 0 Å². The van der Waals surface area contributed by atoms with Crippen LogP contribution < -0.4 is 0 Å². The molecule has 1 aliphatic heterocycles. The highest BCUT2D eigenvalue weighted by Crippen LogP contribution is 2.37. The van der Waals surface area contributed by atoms with Gasteiger partial charge in [-0.05, 0) is 43.5 Å². The summed E-state index contributed by atoms with van der Waals surface area (Å²) in [4.78, 5) is 26.1. The molecule has 26 heavy (non-hydrogen) atoms. The minimum Gasteiger partial charge on any atom is -0.469 e. The zero-order valence-corrected chi connectivity index (χ0v) is 16.0. The maximum Gasteiger partial charge on any atom is 0.312 e. The van der Waals surface area contributed by atoms with Gasteiger partial charge in [-0.2, -0.15) is 0 Å². The molecule has 0 unspecified atom stereocenters. The molecule has 0 atom stereocenters. The molecule has 0 radical (unpaired) electrons. The number of benzene rings is 1. The van der Waals surface area contributed by atoms with Crippen molar-refractivity contribution in [2.45, 2.75) is 45.6 Å². The van der Waals surface area contributed by atoms with Crippen molar-refractivity contribution in [1.29, 1.82) is 0 Å². The van der Waals surface area contributed by atoms with Crippen LogP contribution in [0.5, 0.6) is 0 Å². The minimum atomic E-state index is -0.849. The first-order valence-electron chi connectivity index (χ1n) is 8.97. The van der Waals surface area contributed by atoms with Crippen LogP contribution in [0.25, 0.3) is 0 Å². The van der Waals surface area contributed by atoms with Crippen LogP contribution in [0.4, 0.5) is 4.39 Å². The number of carbonyl (C=O) groups excluding carboxylic acids is 2. The highest BCUT2D eigenvalue weighted by Gasteiger charge is 2.44. The number of hydrogen-bond donors (Lipinski definition) is 0. The fourth-order valence-electron chi connectivity index (χ4n) is 3.45. The van der Waals surface area contributed by atoms with Gasteiger partial charge in [0.15, 0.2) is 0 Å². The molecule has 1 aromatic carbocycles. The first kappa shape index (κ1) is 20.4. The van der Waals surface area contributed by atoms with Crippen LogP contribution in [0.1, 0.15) is 50.2 Å². The zero-order valence-electron chi connectivity index (χ0n) is 16.0. The summed E-state index contributed by atoms with van der Waals surface area (Å²) in [6.07, 6.45) is 0.988. The third-order valence-corrected chi connectivity index (χ3v) is 5.28. The van der Waals surface area contributed by atoms with Crippen LogP contribution in [-0.2, 0) is 25.6 Å². The number of esters is 2. The number of ether oxygens (including phenoxy) is 2. The van der Waals surface area contributed by atoms with E-state index in [2.05, 4.69) is 4.90 Å². The Balaban J connectivity index is 2.04. The molecule has 144 valence electrons. The first-order chi connectivity index (χ1) is 12.3. The Hall–Kier alpha value is -1.95. The predicted molar refractivity (Wildman–Crippen MR) is 96.1 cm³/mol. The van der Waals surface area contributed by atoms with E-state index in [1.54, 1.807) is 6.07 Å². The Bertz CT molecular complexity index is 651. The lowest BCUT2D eigenvalue weighted by atomic mass is 9.75. The summed E-state index contributed by atoms with van der Waals surface area (Å²) in [6, 6.07) is 5.39. The number of methoxy groups -OCH3 is 2. The van der Waals surface area contributed by atoms with E-state index in [9.17, 15) is 14.0 Å². The van der Waals surface area contributed by atoms with Gasteiger partial charge in [-0.25, -0.2) is 4.39 Å². The average molecular weight is 365 g/mol. The van der Waals surface area contributed by atoms with Gasteiger partial charge in [0.1, 0.15) is 5.82 Å². The lowest BCUT2D eigenvalue weighted by molar-refractivity contribution is -0.163. The second-order valence-corrected chi connectivity index (χ2v) is 7.31. The van der Waals surface area contributed by atoms with Crippen LogP contribution in [0.2, 0.25) is 0 Å². The Morgan fingerprint density at radius 1 is 1.19 bits per heavy atom. The lowest BCUT2D eigenvalue weighted by Gasteiger charge is -2.39. The van der Waals surface area contributed by atoms with Gasteiger partial charge in [-0.3, -0.25) is 14.5 Å². The normalized spacial score (nSPS) is 17.2. The molecule has 0 spiro atoms. The minimum absolute atomic E-state index is 0.0153. The number of piperidine rings is 1. The van der Waals surface area contributed by atoms with Crippen molar-refractivity contribution < 1.29 is 23.5 Å². The Kier molecular flexibility index (Phi) is 6.75. The van der Waals surface area contributed by atoms with Gasteiger partial charge in [-0.15, -0.1) is 0 Å². The number of halogens is 1. The maximum absolute atomic E-state index is 14.4. The highest BCUT2D eigenvalue weighted by atomic mass is 19.1. The van der Waals surface area contributed by atoms with Crippen LogP contribution >= 0.6 is 0 Å². The highest BCUT2D eigenvalue weighted by molar-refractivity contribution is 5.83. The summed E-state index contributed by atoms with van der Waals surface area (Å²) in [5.74, 6) is -0.711. The molecule has 0 bridgehead atoms. The molecule has 0 aromatic heterocycles. The van der Waals surface area contributed by atoms with E-state index in [1.165, 1.54) is 14.2 Å². The standard InChI is InChI=1S/C20H28FNO4/c1-14(2)15-5-6-16(17(21)11-15)13-22-9-7-20(8-10-22,19(24)26-4)12-18(23)25-3/h5-6,11,14H,7-10,12-13H2,1-4H3. The zero-order chi connectivity index (χ0) is 19.3. The molecule has 0 aliphatic carbocycles. The second kappa shape index (κ2) is 8.62. The van der Waals surface area contributed by atoms with E-state index in [0.29, 0.717) is 38.0 Å². The molecular weight excluding hydrogens is 337 g/mol. The summed E-state index contributed by atoms with van der Waals surface area (Å²) in [5.41, 5.74) is 0.777. The van der Waals surface area contributed by atoms with Crippen molar-refractivity contribution in [3.8, 4) is 0 Å². The number of carbonyl (C=O) groups is 2. The Morgan fingerprint density at radius 3 is 2.35 bits per heavy atom. The summed E-state index contributed by atoms with van der Waals surface area (Å²) in [5, 5.41) is 0. The van der Waals surface area contributed by atoms with Crippen LogP contribution in [0, 0.1) is 11.2 Å². The van der Waals surface area contributed by atoms with Crippen molar-refractivity contribution in [1.82, 2.24) is 4.90 Å². The van der Waals surface area contributed by atoms with Crippen molar-refractivity contribution >= 4 is 11.9 Å². The number of likely N-dealkylation sites (tertiary alicyclic amines) is 1. The molecule has 1 saturated heterocycles. The fourth-order valence-corrected chi connectivity index (χ4v) is 3.45. The van der Waals surface area contributed by atoms with Crippen molar-refractivity contribution in [3.63, 3.8) is 0 Å². The van der Waals surface area contributed by atoms with E-state index < -0.39 is 11.4 Å². The molecule has 1 aliphatic rings. The van der Waals surface area contributed by atoms with E-state index in [1.807, 2.05) is 26.0 Å². The number of nitrogens with zero attached hydrogens (tertiary/aromatic N) is 1. The number of rotatable bonds is 6. The maximum atomic E-state index is 14.4. The summed E-state index contributed by atoms with van der Waals surface area (Å²) in [7, 11) is 2.64. The molecule has 0 saturated carbocycles. The second-order valence-electron chi connectivity index (χ2n) is 7.31. The molecule has 6 heteroatoms. The van der Waals surface area contributed by atoms with Crippen molar-refractivity contribution in [2.24, 2.45) is 5.41 Å². The molecule has 1 fully saturated rings. The van der Waals surface area contributed by atoms with E-state index in [-0.39, 0.29) is 24.1 Å².